The van der Waals surface area contributed by atoms with Crippen LogP contribution in [-0.4, -0.2) is 16.5 Å². The Bertz CT molecular complexity index is 174. The highest BCUT2D eigenvalue weighted by molar-refractivity contribution is 6.14. The van der Waals surface area contributed by atoms with E-state index in [0.717, 1.165) is 12.3 Å². The van der Waals surface area contributed by atoms with Gasteiger partial charge in [0.1, 0.15) is 6.04 Å². The van der Waals surface area contributed by atoms with Gasteiger partial charge in [-0.2, -0.15) is 9.68 Å². The Morgan fingerprint density at radius 3 is 2.67 bits per heavy atom. The van der Waals surface area contributed by atoms with Gasteiger partial charge in [0.25, 0.3) is 0 Å². The average molecular weight is 143 g/mol. The van der Waals surface area contributed by atoms with Crippen LogP contribution in [0, 0.1) is 17.2 Å². The molecule has 2 fully saturated rings. The van der Waals surface area contributed by atoms with Gasteiger partial charge in [0, 0.05) is 6.04 Å². The first kappa shape index (κ1) is 5.52. The number of nitrogens with zero attached hydrogens (tertiary/aromatic N) is 2. The predicted molar refractivity (Wildman–Crippen MR) is 33.6 cm³/mol. The molecule has 2 aliphatic rings. The van der Waals surface area contributed by atoms with Crippen molar-refractivity contribution in [2.24, 2.45) is 5.92 Å². The van der Waals surface area contributed by atoms with Crippen LogP contribution in [0.5, 0.6) is 0 Å². The van der Waals surface area contributed by atoms with E-state index in [1.807, 2.05) is 0 Å². The quantitative estimate of drug-likeness (QED) is 0.474. The van der Waals surface area contributed by atoms with Crippen molar-refractivity contribution in [1.29, 1.82) is 5.26 Å². The first-order valence-electron chi connectivity index (χ1n) is 3.16. The predicted octanol–water partition coefficient (Wildman–Crippen LogP) is 1.13. The van der Waals surface area contributed by atoms with Crippen LogP contribution in [-0.2, 0) is 0 Å². The fraction of sp³-hybridized carbons (Fsp3) is 0.833. The summed E-state index contributed by atoms with van der Waals surface area (Å²) < 4.78 is 1.69. The molecule has 3 atom stereocenters. The number of hydrogen-bond acceptors (Lipinski definition) is 2. The molecule has 0 amide bonds. The number of fused-ring (bicyclic) bond motifs is 1. The fourth-order valence-corrected chi connectivity index (χ4v) is 1.88. The zero-order valence-electron chi connectivity index (χ0n) is 4.92. The lowest BCUT2D eigenvalue weighted by molar-refractivity contribution is 0.435. The van der Waals surface area contributed by atoms with Crippen LogP contribution < -0.4 is 0 Å². The molecule has 1 aliphatic heterocycles. The van der Waals surface area contributed by atoms with Crippen LogP contribution in [0.3, 0.4) is 0 Å². The summed E-state index contributed by atoms with van der Waals surface area (Å²) in [4.78, 5) is 0. The summed E-state index contributed by atoms with van der Waals surface area (Å²) in [7, 11) is 0. The molecule has 3 heteroatoms. The summed E-state index contributed by atoms with van der Waals surface area (Å²) >= 11 is 5.78. The maximum atomic E-state index is 8.50. The highest BCUT2D eigenvalue weighted by Gasteiger charge is 2.51. The van der Waals surface area contributed by atoms with Gasteiger partial charge in [-0.1, -0.05) is 0 Å². The minimum Gasteiger partial charge on any atom is -0.200 e. The second-order valence-electron chi connectivity index (χ2n) is 2.79. The van der Waals surface area contributed by atoms with Crippen LogP contribution in [0.25, 0.3) is 0 Å². The summed E-state index contributed by atoms with van der Waals surface area (Å²) in [6.07, 6.45) is 2.20. The average Bonchev–Trinajstić information content (AvgIpc) is 2.55. The minimum atomic E-state index is -0.00424. The van der Waals surface area contributed by atoms with Gasteiger partial charge in [0.15, 0.2) is 0 Å². The molecule has 2 rings (SSSR count). The third-order valence-corrected chi connectivity index (χ3v) is 2.66. The second kappa shape index (κ2) is 1.62. The van der Waals surface area contributed by atoms with Gasteiger partial charge >= 0.3 is 0 Å². The fourth-order valence-electron chi connectivity index (χ4n) is 1.51. The molecule has 0 N–H and O–H groups in total. The largest absolute Gasteiger partial charge is 0.200 e. The topological polar surface area (TPSA) is 27.0 Å². The number of halogens is 1. The zero-order valence-corrected chi connectivity index (χ0v) is 5.67. The van der Waals surface area contributed by atoms with Crippen LogP contribution >= 0.6 is 11.8 Å². The molecule has 0 radical (unpaired) electrons. The van der Waals surface area contributed by atoms with E-state index in [1.165, 1.54) is 6.42 Å². The summed E-state index contributed by atoms with van der Waals surface area (Å²) in [6.45, 7) is 0. The molecule has 1 saturated heterocycles. The first-order chi connectivity index (χ1) is 4.33. The third-order valence-electron chi connectivity index (χ3n) is 2.17. The van der Waals surface area contributed by atoms with E-state index in [2.05, 4.69) is 6.07 Å². The molecule has 1 saturated carbocycles. The standard InChI is InChI=1S/C6H7ClN2/c7-9-5(3-8)1-4-2-6(4)9/h4-6H,1-2H2/t4-,5+,6+/m1/s1. The van der Waals surface area contributed by atoms with Gasteiger partial charge in [-0.05, 0) is 30.5 Å². The molecule has 0 unspecified atom stereocenters. The van der Waals surface area contributed by atoms with Crippen molar-refractivity contribution in [3.63, 3.8) is 0 Å². The molecular weight excluding hydrogens is 136 g/mol. The smallest absolute Gasteiger partial charge is 0.112 e. The molecule has 0 aromatic heterocycles. The highest BCUT2D eigenvalue weighted by atomic mass is 35.5. The molecule has 2 nitrogen and oxygen atoms in total. The van der Waals surface area contributed by atoms with Crippen molar-refractivity contribution in [3.8, 4) is 6.07 Å². The van der Waals surface area contributed by atoms with E-state index < -0.39 is 0 Å². The Labute approximate surface area is 59.1 Å². The van der Waals surface area contributed by atoms with E-state index in [1.54, 1.807) is 4.42 Å². The lowest BCUT2D eigenvalue weighted by atomic mass is 10.2. The van der Waals surface area contributed by atoms with Gasteiger partial charge in [0.2, 0.25) is 0 Å². The van der Waals surface area contributed by atoms with Crippen molar-refractivity contribution < 1.29 is 0 Å². The summed E-state index contributed by atoms with van der Waals surface area (Å²) in [6, 6.07) is 2.70. The molecular formula is C6H7ClN2. The Balaban J connectivity index is 2.10. The molecule has 0 aromatic carbocycles. The summed E-state index contributed by atoms with van der Waals surface area (Å²) in [5.41, 5.74) is 0. The van der Waals surface area contributed by atoms with E-state index in [9.17, 15) is 0 Å². The lowest BCUT2D eigenvalue weighted by Gasteiger charge is -2.10. The molecule has 48 valence electrons. The molecule has 0 spiro atoms. The number of piperidine rings is 1. The van der Waals surface area contributed by atoms with Crippen LogP contribution in [0.2, 0.25) is 0 Å². The van der Waals surface area contributed by atoms with Crippen molar-refractivity contribution >= 4 is 11.8 Å². The van der Waals surface area contributed by atoms with Gasteiger partial charge in [0.05, 0.1) is 6.07 Å². The van der Waals surface area contributed by atoms with Crippen LogP contribution in [0.15, 0.2) is 0 Å². The van der Waals surface area contributed by atoms with E-state index >= 15 is 0 Å². The maximum absolute atomic E-state index is 8.50. The zero-order chi connectivity index (χ0) is 6.43. The van der Waals surface area contributed by atoms with Crippen molar-refractivity contribution in [2.75, 3.05) is 0 Å². The number of rotatable bonds is 0. The Morgan fingerprint density at radius 1 is 1.56 bits per heavy atom. The second-order valence-corrected chi connectivity index (χ2v) is 3.18. The Kier molecular flexibility index (Phi) is 0.992. The van der Waals surface area contributed by atoms with Gasteiger partial charge in [-0.15, -0.1) is 0 Å². The lowest BCUT2D eigenvalue weighted by Crippen LogP contribution is -2.21. The molecule has 9 heavy (non-hydrogen) atoms. The summed E-state index contributed by atoms with van der Waals surface area (Å²) in [5.74, 6) is 0.743. The van der Waals surface area contributed by atoms with Gasteiger partial charge in [-0.3, -0.25) is 0 Å². The number of nitriles is 1. The van der Waals surface area contributed by atoms with Crippen molar-refractivity contribution in [1.82, 2.24) is 4.42 Å². The minimum absolute atomic E-state index is 0.00424. The molecule has 1 heterocycles. The molecule has 0 aromatic rings. The molecule has 1 aliphatic carbocycles. The monoisotopic (exact) mass is 142 g/mol. The van der Waals surface area contributed by atoms with Gasteiger partial charge < -0.3 is 0 Å². The SMILES string of the molecule is N#C[C@@H]1C[C@@H]2C[C@@H]2N1Cl. The van der Waals surface area contributed by atoms with Crippen molar-refractivity contribution in [3.05, 3.63) is 0 Å². The van der Waals surface area contributed by atoms with Crippen LogP contribution in [0.1, 0.15) is 12.8 Å². The van der Waals surface area contributed by atoms with E-state index in [0.29, 0.717) is 6.04 Å². The maximum Gasteiger partial charge on any atom is 0.112 e. The van der Waals surface area contributed by atoms with E-state index in [-0.39, 0.29) is 6.04 Å². The summed E-state index contributed by atoms with van der Waals surface area (Å²) in [5, 5.41) is 8.50. The highest BCUT2D eigenvalue weighted by Crippen LogP contribution is 2.48. The number of hydrogen-bond donors (Lipinski definition) is 0. The Morgan fingerprint density at radius 2 is 2.33 bits per heavy atom. The van der Waals surface area contributed by atoms with Crippen molar-refractivity contribution in [2.45, 2.75) is 24.9 Å². The first-order valence-corrected chi connectivity index (χ1v) is 3.50. The normalized spacial score (nSPS) is 48.2. The van der Waals surface area contributed by atoms with Gasteiger partial charge in [-0.25, -0.2) is 0 Å². The van der Waals surface area contributed by atoms with E-state index in [4.69, 9.17) is 17.0 Å². The molecule has 0 bridgehead atoms. The van der Waals surface area contributed by atoms with Crippen LogP contribution in [0.4, 0.5) is 0 Å². The Hall–Kier alpha value is -0.260. The third kappa shape index (κ3) is 0.654.